The van der Waals surface area contributed by atoms with Crippen LogP contribution in [0.1, 0.15) is 19.3 Å². The first kappa shape index (κ1) is 13.3. The zero-order valence-electron chi connectivity index (χ0n) is 11.6. The third kappa shape index (κ3) is 2.47. The summed E-state index contributed by atoms with van der Waals surface area (Å²) in [5, 5.41) is 8.91. The Hall–Kier alpha value is -1.39. The fraction of sp³-hybridized carbons (Fsp3) is 0.353. The summed E-state index contributed by atoms with van der Waals surface area (Å²) in [5.74, 6) is 0.288. The van der Waals surface area contributed by atoms with Crippen molar-refractivity contribution in [3.05, 3.63) is 40.9 Å². The van der Waals surface area contributed by atoms with Gasteiger partial charge in [0.15, 0.2) is 0 Å². The average Bonchev–Trinajstić information content (AvgIpc) is 3.10. The molecule has 0 aromatic heterocycles. The smallest absolute Gasteiger partial charge is 0.229 e. The van der Waals surface area contributed by atoms with Crippen LogP contribution in [0.2, 0.25) is 0 Å². The molecule has 4 heteroatoms. The van der Waals surface area contributed by atoms with Gasteiger partial charge in [-0.2, -0.15) is 0 Å². The van der Waals surface area contributed by atoms with Gasteiger partial charge in [-0.05, 0) is 54.3 Å². The van der Waals surface area contributed by atoms with E-state index in [1.165, 1.54) is 11.8 Å². The summed E-state index contributed by atoms with van der Waals surface area (Å²) in [4.78, 5) is 12.4. The molecule has 2 fully saturated rings. The first-order chi connectivity index (χ1) is 10.2. The van der Waals surface area contributed by atoms with Crippen LogP contribution in [-0.4, -0.2) is 18.0 Å². The van der Waals surface area contributed by atoms with E-state index in [1.54, 1.807) is 0 Å². The van der Waals surface area contributed by atoms with E-state index in [4.69, 9.17) is 0 Å². The number of rotatable bonds is 2. The van der Waals surface area contributed by atoms with Crippen molar-refractivity contribution in [3.63, 3.8) is 0 Å². The van der Waals surface area contributed by atoms with Gasteiger partial charge in [0, 0.05) is 22.2 Å². The van der Waals surface area contributed by atoms with Gasteiger partial charge in [0.1, 0.15) is 0 Å². The fourth-order valence-electron chi connectivity index (χ4n) is 3.64. The number of benzene rings is 2. The van der Waals surface area contributed by atoms with E-state index in [0.717, 1.165) is 28.4 Å². The zero-order chi connectivity index (χ0) is 14.4. The number of amides is 1. The highest BCUT2D eigenvalue weighted by molar-refractivity contribution is 9.10. The molecule has 3 atom stereocenters. The van der Waals surface area contributed by atoms with Gasteiger partial charge in [0.2, 0.25) is 5.91 Å². The topological polar surface area (TPSA) is 41.1 Å². The lowest BCUT2D eigenvalue weighted by atomic mass is 9.88. The number of carbonyl (C=O) groups excluding carboxylic acids is 1. The molecule has 0 saturated carbocycles. The van der Waals surface area contributed by atoms with E-state index in [-0.39, 0.29) is 11.8 Å². The number of carbonyl (C=O) groups is 1. The lowest BCUT2D eigenvalue weighted by molar-refractivity contribution is -0.120. The largest absolute Gasteiger partial charge is 0.326 e. The minimum absolute atomic E-state index is 0.129. The number of halogens is 1. The van der Waals surface area contributed by atoms with Crippen LogP contribution in [0.3, 0.4) is 0 Å². The highest BCUT2D eigenvalue weighted by atomic mass is 79.9. The molecule has 0 aliphatic carbocycles. The minimum atomic E-state index is 0.129. The van der Waals surface area contributed by atoms with Crippen LogP contribution in [-0.2, 0) is 4.79 Å². The van der Waals surface area contributed by atoms with Crippen LogP contribution in [0, 0.1) is 5.92 Å². The molecule has 2 bridgehead atoms. The third-order valence-corrected chi connectivity index (χ3v) is 5.20. The van der Waals surface area contributed by atoms with Crippen LogP contribution in [0.25, 0.3) is 10.8 Å². The normalized spacial score (nSPS) is 27.2. The number of nitrogens with one attached hydrogen (secondary N) is 2. The molecule has 2 heterocycles. The highest BCUT2D eigenvalue weighted by Crippen LogP contribution is 2.34. The van der Waals surface area contributed by atoms with Crippen LogP contribution in [0.4, 0.5) is 5.69 Å². The van der Waals surface area contributed by atoms with Crippen molar-refractivity contribution in [1.82, 2.24) is 5.32 Å². The molecule has 1 amide bonds. The van der Waals surface area contributed by atoms with E-state index in [1.807, 2.05) is 18.2 Å². The van der Waals surface area contributed by atoms with Crippen LogP contribution in [0.5, 0.6) is 0 Å². The molecule has 2 aliphatic heterocycles. The molecule has 4 rings (SSSR count). The maximum atomic E-state index is 12.4. The quantitative estimate of drug-likeness (QED) is 0.872. The van der Waals surface area contributed by atoms with Crippen molar-refractivity contribution in [2.75, 3.05) is 5.32 Å². The van der Waals surface area contributed by atoms with Gasteiger partial charge >= 0.3 is 0 Å². The summed E-state index contributed by atoms with van der Waals surface area (Å²) in [7, 11) is 0. The molecule has 2 aromatic rings. The van der Waals surface area contributed by atoms with E-state index < -0.39 is 0 Å². The molecule has 3 nitrogen and oxygen atoms in total. The van der Waals surface area contributed by atoms with Crippen LogP contribution in [0.15, 0.2) is 40.9 Å². The Balaban J connectivity index is 1.54. The summed E-state index contributed by atoms with van der Waals surface area (Å²) in [6, 6.07) is 13.2. The molecular formula is C17H17BrN2O. The minimum Gasteiger partial charge on any atom is -0.326 e. The van der Waals surface area contributed by atoms with Gasteiger partial charge in [0.05, 0.1) is 5.92 Å². The Bertz CT molecular complexity index is 715. The number of hydrogen-bond donors (Lipinski definition) is 2. The third-order valence-electron chi connectivity index (χ3n) is 4.71. The molecule has 2 N–H and O–H groups in total. The fourth-order valence-corrected chi connectivity index (χ4v) is 4.02. The maximum absolute atomic E-state index is 12.4. The van der Waals surface area contributed by atoms with Crippen LogP contribution < -0.4 is 10.6 Å². The molecule has 3 unspecified atom stereocenters. The van der Waals surface area contributed by atoms with Gasteiger partial charge in [0.25, 0.3) is 0 Å². The molecule has 0 radical (unpaired) electrons. The average molecular weight is 345 g/mol. The molecule has 21 heavy (non-hydrogen) atoms. The van der Waals surface area contributed by atoms with Gasteiger partial charge < -0.3 is 10.6 Å². The second kappa shape index (κ2) is 5.11. The summed E-state index contributed by atoms with van der Waals surface area (Å²) in [5.41, 5.74) is 0.887. The molecule has 2 aliphatic rings. The molecule has 108 valence electrons. The SMILES string of the molecule is O=C(Nc1ccc2cc(Br)ccc2c1)C1CC2CCC1N2. The predicted molar refractivity (Wildman–Crippen MR) is 88.3 cm³/mol. The Labute approximate surface area is 132 Å². The van der Waals surface area contributed by atoms with Gasteiger partial charge in [-0.3, -0.25) is 4.79 Å². The zero-order valence-corrected chi connectivity index (χ0v) is 13.2. The molecule has 2 saturated heterocycles. The van der Waals surface area contributed by atoms with E-state index in [9.17, 15) is 4.79 Å². The maximum Gasteiger partial charge on any atom is 0.229 e. The summed E-state index contributed by atoms with van der Waals surface area (Å²) in [6.45, 7) is 0. The van der Waals surface area contributed by atoms with Crippen molar-refractivity contribution in [1.29, 1.82) is 0 Å². The Morgan fingerprint density at radius 1 is 1.14 bits per heavy atom. The van der Waals surface area contributed by atoms with E-state index in [0.29, 0.717) is 12.1 Å². The second-order valence-electron chi connectivity index (χ2n) is 6.09. The second-order valence-corrected chi connectivity index (χ2v) is 7.00. The lowest BCUT2D eigenvalue weighted by Gasteiger charge is -2.19. The number of anilines is 1. The first-order valence-electron chi connectivity index (χ1n) is 7.45. The van der Waals surface area contributed by atoms with Crippen molar-refractivity contribution in [2.45, 2.75) is 31.3 Å². The van der Waals surface area contributed by atoms with Crippen molar-refractivity contribution in [3.8, 4) is 0 Å². The Kier molecular flexibility index (Phi) is 3.23. The van der Waals surface area contributed by atoms with Crippen molar-refractivity contribution in [2.24, 2.45) is 5.92 Å². The van der Waals surface area contributed by atoms with Crippen molar-refractivity contribution < 1.29 is 4.79 Å². The van der Waals surface area contributed by atoms with Gasteiger partial charge in [-0.15, -0.1) is 0 Å². The highest BCUT2D eigenvalue weighted by Gasteiger charge is 2.42. The van der Waals surface area contributed by atoms with Gasteiger partial charge in [-0.1, -0.05) is 28.1 Å². The first-order valence-corrected chi connectivity index (χ1v) is 8.24. The summed E-state index contributed by atoms with van der Waals surface area (Å²) in [6.07, 6.45) is 3.34. The molecule has 2 aromatic carbocycles. The van der Waals surface area contributed by atoms with E-state index in [2.05, 4.69) is 44.8 Å². The van der Waals surface area contributed by atoms with Crippen molar-refractivity contribution >= 4 is 38.3 Å². The summed E-state index contributed by atoms with van der Waals surface area (Å²) >= 11 is 3.48. The summed E-state index contributed by atoms with van der Waals surface area (Å²) < 4.78 is 1.07. The lowest BCUT2D eigenvalue weighted by Crippen LogP contribution is -2.32. The number of hydrogen-bond acceptors (Lipinski definition) is 2. The van der Waals surface area contributed by atoms with Crippen LogP contribution >= 0.6 is 15.9 Å². The molecular weight excluding hydrogens is 328 g/mol. The molecule has 0 spiro atoms. The van der Waals surface area contributed by atoms with Gasteiger partial charge in [-0.25, -0.2) is 0 Å². The number of fused-ring (bicyclic) bond motifs is 3. The van der Waals surface area contributed by atoms with E-state index >= 15 is 0 Å². The standard InChI is InChI=1S/C17H17BrN2O/c18-12-3-1-11-8-13(4-2-10(11)7-12)20-17(21)15-9-14-5-6-16(15)19-14/h1-4,7-8,14-16,19H,5-6,9H2,(H,20,21). The predicted octanol–water partition coefficient (Wildman–Crippen LogP) is 3.68. The monoisotopic (exact) mass is 344 g/mol. The Morgan fingerprint density at radius 2 is 1.95 bits per heavy atom. The Morgan fingerprint density at radius 3 is 2.71 bits per heavy atom.